The minimum atomic E-state index is -4.44. The highest BCUT2D eigenvalue weighted by molar-refractivity contribution is 9.09. The predicted octanol–water partition coefficient (Wildman–Crippen LogP) is 3.98. The van der Waals surface area contributed by atoms with Crippen molar-refractivity contribution in [1.82, 2.24) is 0 Å². The number of hydrogen-bond donors (Lipinski definition) is 0. The molecule has 86 valence electrons. The summed E-state index contributed by atoms with van der Waals surface area (Å²) < 4.78 is 42.4. The number of allylic oxidation sites excluding steroid dienone is 4. The highest BCUT2D eigenvalue weighted by atomic mass is 79.9. The third-order valence-electron chi connectivity index (χ3n) is 1.43. The van der Waals surface area contributed by atoms with Crippen molar-refractivity contribution in [2.24, 2.45) is 0 Å². The molecule has 0 aliphatic rings. The maximum absolute atomic E-state index is 12.5. The van der Waals surface area contributed by atoms with Crippen molar-refractivity contribution in [1.29, 1.82) is 0 Å². The van der Waals surface area contributed by atoms with E-state index in [0.29, 0.717) is 5.33 Å². The Morgan fingerprint density at radius 2 is 2.07 bits per heavy atom. The Labute approximate surface area is 95.4 Å². The first-order valence-corrected chi connectivity index (χ1v) is 5.34. The molecule has 0 aromatic rings. The van der Waals surface area contributed by atoms with Gasteiger partial charge in [0.2, 0.25) is 0 Å². The SMILES string of the molecule is C=C/C(=C(\C=C/C)OCCBr)C(F)(F)F. The normalized spacial score (nSPS) is 13.9. The second-order valence-electron chi connectivity index (χ2n) is 2.52. The van der Waals surface area contributed by atoms with E-state index in [9.17, 15) is 13.2 Å². The number of alkyl halides is 4. The molecule has 5 heteroatoms. The molecule has 0 saturated carbocycles. The Hall–Kier alpha value is -0.710. The van der Waals surface area contributed by atoms with Gasteiger partial charge in [0, 0.05) is 5.33 Å². The molecule has 0 saturated heterocycles. The van der Waals surface area contributed by atoms with E-state index >= 15 is 0 Å². The molecule has 0 N–H and O–H groups in total. The standard InChI is InChI=1S/C10H12BrF3O/c1-3-5-9(15-7-6-11)8(4-2)10(12,13)14/h3-5H,2,6-7H2,1H3/b5-3-,9-8-. The van der Waals surface area contributed by atoms with Crippen LogP contribution in [0.2, 0.25) is 0 Å². The molecule has 15 heavy (non-hydrogen) atoms. The second-order valence-corrected chi connectivity index (χ2v) is 3.31. The van der Waals surface area contributed by atoms with Crippen LogP contribution < -0.4 is 0 Å². The molecule has 0 heterocycles. The minimum absolute atomic E-state index is 0.174. The zero-order valence-electron chi connectivity index (χ0n) is 8.27. The average molecular weight is 285 g/mol. The van der Waals surface area contributed by atoms with Crippen LogP contribution in [0.3, 0.4) is 0 Å². The van der Waals surface area contributed by atoms with E-state index in [1.165, 1.54) is 12.2 Å². The molecular formula is C10H12BrF3O. The predicted molar refractivity (Wildman–Crippen MR) is 57.8 cm³/mol. The van der Waals surface area contributed by atoms with Crippen molar-refractivity contribution in [3.63, 3.8) is 0 Å². The van der Waals surface area contributed by atoms with Gasteiger partial charge in [-0.15, -0.1) is 0 Å². The van der Waals surface area contributed by atoms with Gasteiger partial charge in [0.1, 0.15) is 5.76 Å². The van der Waals surface area contributed by atoms with Gasteiger partial charge in [-0.05, 0) is 13.0 Å². The quantitative estimate of drug-likeness (QED) is 0.422. The molecule has 0 aliphatic heterocycles. The van der Waals surface area contributed by atoms with E-state index in [-0.39, 0.29) is 12.4 Å². The molecule has 0 fully saturated rings. The summed E-state index contributed by atoms with van der Waals surface area (Å²) in [5.41, 5.74) is -0.860. The van der Waals surface area contributed by atoms with Crippen LogP contribution in [-0.4, -0.2) is 18.1 Å². The lowest BCUT2D eigenvalue weighted by atomic mass is 10.2. The van der Waals surface area contributed by atoms with Gasteiger partial charge in [0.05, 0.1) is 12.2 Å². The average Bonchev–Trinajstić information content (AvgIpc) is 2.13. The lowest BCUT2D eigenvalue weighted by molar-refractivity contribution is -0.0911. The number of ether oxygens (including phenoxy) is 1. The maximum atomic E-state index is 12.5. The van der Waals surface area contributed by atoms with Crippen LogP contribution in [0, 0.1) is 0 Å². The topological polar surface area (TPSA) is 9.23 Å². The Morgan fingerprint density at radius 1 is 1.47 bits per heavy atom. The molecule has 0 unspecified atom stereocenters. The molecule has 0 spiro atoms. The fraction of sp³-hybridized carbons (Fsp3) is 0.400. The third-order valence-corrected chi connectivity index (χ3v) is 1.75. The van der Waals surface area contributed by atoms with E-state index in [4.69, 9.17) is 4.74 Å². The monoisotopic (exact) mass is 284 g/mol. The molecular weight excluding hydrogens is 273 g/mol. The second kappa shape index (κ2) is 6.71. The van der Waals surface area contributed by atoms with Gasteiger partial charge < -0.3 is 4.74 Å². The van der Waals surface area contributed by atoms with E-state index in [1.54, 1.807) is 6.92 Å². The summed E-state index contributed by atoms with van der Waals surface area (Å²) in [6, 6.07) is 0. The van der Waals surface area contributed by atoms with Gasteiger partial charge >= 0.3 is 6.18 Å². The smallest absolute Gasteiger partial charge is 0.419 e. The van der Waals surface area contributed by atoms with Gasteiger partial charge in [-0.2, -0.15) is 13.2 Å². The van der Waals surface area contributed by atoms with E-state index in [0.717, 1.165) is 6.08 Å². The summed E-state index contributed by atoms with van der Waals surface area (Å²) in [7, 11) is 0. The van der Waals surface area contributed by atoms with Crippen LogP contribution in [0.25, 0.3) is 0 Å². The lowest BCUT2D eigenvalue weighted by Crippen LogP contribution is -2.13. The zero-order valence-corrected chi connectivity index (χ0v) is 9.86. The third kappa shape index (κ3) is 5.06. The summed E-state index contributed by atoms with van der Waals surface area (Å²) in [5, 5.41) is 0.469. The van der Waals surface area contributed by atoms with E-state index in [2.05, 4.69) is 22.5 Å². The highest BCUT2D eigenvalue weighted by Crippen LogP contribution is 2.29. The van der Waals surface area contributed by atoms with Gasteiger partial charge in [-0.25, -0.2) is 0 Å². The summed E-state index contributed by atoms with van der Waals surface area (Å²) in [4.78, 5) is 0. The minimum Gasteiger partial charge on any atom is -0.492 e. The fourth-order valence-electron chi connectivity index (χ4n) is 0.872. The molecule has 0 radical (unpaired) electrons. The molecule has 1 nitrogen and oxygen atoms in total. The Bertz CT molecular complexity index is 266. The number of rotatable bonds is 5. The Kier molecular flexibility index (Phi) is 6.40. The highest BCUT2D eigenvalue weighted by Gasteiger charge is 2.34. The van der Waals surface area contributed by atoms with Crippen molar-refractivity contribution < 1.29 is 17.9 Å². The van der Waals surface area contributed by atoms with Crippen molar-refractivity contribution in [2.75, 3.05) is 11.9 Å². The number of hydrogen-bond acceptors (Lipinski definition) is 1. The van der Waals surface area contributed by atoms with Crippen molar-refractivity contribution in [3.8, 4) is 0 Å². The number of halogens is 4. The summed E-state index contributed by atoms with van der Waals surface area (Å²) in [6.07, 6.45) is -0.932. The molecule has 0 aliphatic carbocycles. The first-order valence-electron chi connectivity index (χ1n) is 4.22. The fourth-order valence-corrected chi connectivity index (χ4v) is 1.03. The summed E-state index contributed by atoms with van der Waals surface area (Å²) in [6.45, 7) is 4.93. The van der Waals surface area contributed by atoms with Crippen LogP contribution >= 0.6 is 15.9 Å². The van der Waals surface area contributed by atoms with Gasteiger partial charge in [-0.1, -0.05) is 34.7 Å². The lowest BCUT2D eigenvalue weighted by Gasteiger charge is -2.13. The Balaban J connectivity index is 5.09. The van der Waals surface area contributed by atoms with Crippen molar-refractivity contribution in [2.45, 2.75) is 13.1 Å². The summed E-state index contributed by atoms with van der Waals surface area (Å²) in [5.74, 6) is -0.209. The molecule has 0 atom stereocenters. The van der Waals surface area contributed by atoms with Crippen LogP contribution in [-0.2, 0) is 4.74 Å². The van der Waals surface area contributed by atoms with Crippen LogP contribution in [0.5, 0.6) is 0 Å². The van der Waals surface area contributed by atoms with Crippen LogP contribution in [0.1, 0.15) is 6.92 Å². The molecule has 0 amide bonds. The summed E-state index contributed by atoms with van der Waals surface area (Å²) >= 11 is 3.07. The molecule has 0 bridgehead atoms. The van der Waals surface area contributed by atoms with Crippen molar-refractivity contribution in [3.05, 3.63) is 36.1 Å². The Morgan fingerprint density at radius 3 is 2.40 bits per heavy atom. The first kappa shape index (κ1) is 14.3. The van der Waals surface area contributed by atoms with Crippen LogP contribution in [0.4, 0.5) is 13.2 Å². The maximum Gasteiger partial charge on any atom is 0.419 e. The van der Waals surface area contributed by atoms with E-state index in [1.807, 2.05) is 0 Å². The van der Waals surface area contributed by atoms with E-state index < -0.39 is 11.7 Å². The van der Waals surface area contributed by atoms with Crippen LogP contribution in [0.15, 0.2) is 36.1 Å². The largest absolute Gasteiger partial charge is 0.492 e. The molecule has 0 rings (SSSR count). The first-order chi connectivity index (χ1) is 6.97. The van der Waals surface area contributed by atoms with Gasteiger partial charge in [-0.3, -0.25) is 0 Å². The van der Waals surface area contributed by atoms with Gasteiger partial charge in [0.15, 0.2) is 0 Å². The zero-order chi connectivity index (χ0) is 11.9. The molecule has 0 aromatic heterocycles. The van der Waals surface area contributed by atoms with Crippen molar-refractivity contribution >= 4 is 15.9 Å². The van der Waals surface area contributed by atoms with Gasteiger partial charge in [0.25, 0.3) is 0 Å². The molecule has 0 aromatic carbocycles.